The fourth-order valence-corrected chi connectivity index (χ4v) is 2.18. The number of nitrogens with zero attached hydrogens (tertiary/aromatic N) is 2. The van der Waals surface area contributed by atoms with Crippen LogP contribution in [0.1, 0.15) is 22.4 Å². The maximum absolute atomic E-state index is 8.82. The van der Waals surface area contributed by atoms with Gasteiger partial charge in [0, 0.05) is 11.6 Å². The number of aromatic amines is 1. The molecule has 4 nitrogen and oxygen atoms in total. The number of aryl methyl sites for hydroxylation is 1. The van der Waals surface area contributed by atoms with Gasteiger partial charge in [-0.05, 0) is 43.5 Å². The lowest BCUT2D eigenvalue weighted by atomic mass is 9.95. The largest absolute Gasteiger partial charge is 0.496 e. The summed E-state index contributed by atoms with van der Waals surface area (Å²) in [4.78, 5) is 0. The predicted molar refractivity (Wildman–Crippen MR) is 69.5 cm³/mol. The summed E-state index contributed by atoms with van der Waals surface area (Å²) < 4.78 is 5.35. The third-order valence-corrected chi connectivity index (χ3v) is 3.23. The van der Waals surface area contributed by atoms with E-state index >= 15 is 0 Å². The van der Waals surface area contributed by atoms with Gasteiger partial charge < -0.3 is 4.74 Å². The summed E-state index contributed by atoms with van der Waals surface area (Å²) in [6.45, 7) is 6.10. The van der Waals surface area contributed by atoms with Crippen LogP contribution in [0.25, 0.3) is 11.3 Å². The molecule has 4 heteroatoms. The molecule has 1 aromatic heterocycles. The monoisotopic (exact) mass is 241 g/mol. The number of aromatic nitrogens is 2. The molecule has 2 aromatic rings. The molecule has 1 N–H and O–H groups in total. The van der Waals surface area contributed by atoms with Gasteiger partial charge in [0.1, 0.15) is 11.8 Å². The van der Waals surface area contributed by atoms with Crippen molar-refractivity contribution >= 4 is 0 Å². The first kappa shape index (κ1) is 12.2. The highest BCUT2D eigenvalue weighted by Gasteiger charge is 2.14. The van der Waals surface area contributed by atoms with Crippen LogP contribution >= 0.6 is 0 Å². The van der Waals surface area contributed by atoms with E-state index in [1.54, 1.807) is 13.2 Å². The molecular formula is C14H15N3O. The van der Waals surface area contributed by atoms with E-state index in [-0.39, 0.29) is 0 Å². The average Bonchev–Trinajstić information content (AvgIpc) is 2.82. The average molecular weight is 241 g/mol. The Morgan fingerprint density at radius 3 is 2.50 bits per heavy atom. The number of rotatable bonds is 2. The first-order valence-corrected chi connectivity index (χ1v) is 5.69. The second-order valence-electron chi connectivity index (χ2n) is 4.30. The summed E-state index contributed by atoms with van der Waals surface area (Å²) >= 11 is 0. The standard InChI is InChI=1S/C14H15N3O/c1-8-5-13(18-4)9(2)10(3)14(8)12-6-11(7-15)16-17-12/h5-6H,1-4H3,(H,16,17). The molecule has 2 rings (SSSR count). The summed E-state index contributed by atoms with van der Waals surface area (Å²) in [5, 5.41) is 15.7. The van der Waals surface area contributed by atoms with Crippen LogP contribution in [0.4, 0.5) is 0 Å². The summed E-state index contributed by atoms with van der Waals surface area (Å²) in [5.41, 5.74) is 5.70. The fourth-order valence-electron chi connectivity index (χ4n) is 2.18. The molecule has 0 aliphatic heterocycles. The van der Waals surface area contributed by atoms with Crippen molar-refractivity contribution in [3.8, 4) is 23.1 Å². The van der Waals surface area contributed by atoms with E-state index in [0.717, 1.165) is 33.7 Å². The van der Waals surface area contributed by atoms with E-state index in [9.17, 15) is 0 Å². The van der Waals surface area contributed by atoms with Crippen LogP contribution < -0.4 is 4.74 Å². The number of nitrogens with one attached hydrogen (secondary N) is 1. The number of methoxy groups -OCH3 is 1. The topological polar surface area (TPSA) is 61.7 Å². The van der Waals surface area contributed by atoms with Crippen LogP contribution in [0.2, 0.25) is 0 Å². The normalized spacial score (nSPS) is 10.2. The Labute approximate surface area is 106 Å². The molecule has 0 amide bonds. The molecule has 18 heavy (non-hydrogen) atoms. The van der Waals surface area contributed by atoms with Crippen LogP contribution in [-0.4, -0.2) is 17.3 Å². The van der Waals surface area contributed by atoms with Crippen molar-refractivity contribution in [3.63, 3.8) is 0 Å². The van der Waals surface area contributed by atoms with Gasteiger partial charge in [0.25, 0.3) is 0 Å². The van der Waals surface area contributed by atoms with Crippen molar-refractivity contribution in [2.75, 3.05) is 7.11 Å². The number of ether oxygens (including phenoxy) is 1. The van der Waals surface area contributed by atoms with E-state index < -0.39 is 0 Å². The minimum atomic E-state index is 0.400. The lowest BCUT2D eigenvalue weighted by Crippen LogP contribution is -1.96. The summed E-state index contributed by atoms with van der Waals surface area (Å²) in [6.07, 6.45) is 0. The summed E-state index contributed by atoms with van der Waals surface area (Å²) in [7, 11) is 1.67. The molecule has 92 valence electrons. The zero-order valence-electron chi connectivity index (χ0n) is 11.0. The number of hydrogen-bond donors (Lipinski definition) is 1. The molecule has 1 aromatic carbocycles. The second kappa shape index (κ2) is 4.53. The third-order valence-electron chi connectivity index (χ3n) is 3.23. The molecule has 0 aliphatic carbocycles. The van der Waals surface area contributed by atoms with Crippen molar-refractivity contribution in [1.29, 1.82) is 5.26 Å². The van der Waals surface area contributed by atoms with Crippen molar-refractivity contribution in [2.45, 2.75) is 20.8 Å². The first-order valence-electron chi connectivity index (χ1n) is 5.69. The SMILES string of the molecule is COc1cc(C)c(-c2cc(C#N)n[nH]2)c(C)c1C. The molecule has 0 saturated heterocycles. The highest BCUT2D eigenvalue weighted by Crippen LogP contribution is 2.33. The Bertz CT molecular complexity index is 635. The van der Waals surface area contributed by atoms with Crippen molar-refractivity contribution in [1.82, 2.24) is 10.2 Å². The zero-order valence-corrected chi connectivity index (χ0v) is 11.0. The van der Waals surface area contributed by atoms with Crippen molar-refractivity contribution < 1.29 is 4.74 Å². The van der Waals surface area contributed by atoms with Crippen LogP contribution in [0.15, 0.2) is 12.1 Å². The lowest BCUT2D eigenvalue weighted by Gasteiger charge is -2.14. The lowest BCUT2D eigenvalue weighted by molar-refractivity contribution is 0.411. The third kappa shape index (κ3) is 1.84. The molecule has 0 radical (unpaired) electrons. The quantitative estimate of drug-likeness (QED) is 0.879. The van der Waals surface area contributed by atoms with Gasteiger partial charge in [-0.2, -0.15) is 10.4 Å². The van der Waals surface area contributed by atoms with Gasteiger partial charge in [-0.1, -0.05) is 0 Å². The zero-order chi connectivity index (χ0) is 13.3. The minimum absolute atomic E-state index is 0.400. The highest BCUT2D eigenvalue weighted by atomic mass is 16.5. The number of H-pyrrole nitrogens is 1. The van der Waals surface area contributed by atoms with E-state index in [4.69, 9.17) is 10.00 Å². The van der Waals surface area contributed by atoms with Gasteiger partial charge in [0.2, 0.25) is 0 Å². The second-order valence-corrected chi connectivity index (χ2v) is 4.30. The maximum atomic E-state index is 8.82. The van der Waals surface area contributed by atoms with Gasteiger partial charge in [-0.3, -0.25) is 5.10 Å². The summed E-state index contributed by atoms with van der Waals surface area (Å²) in [5.74, 6) is 0.883. The van der Waals surface area contributed by atoms with Crippen LogP contribution in [-0.2, 0) is 0 Å². The molecular weight excluding hydrogens is 226 g/mol. The molecule has 0 aliphatic rings. The van der Waals surface area contributed by atoms with Crippen LogP contribution in [0.5, 0.6) is 5.75 Å². The Morgan fingerprint density at radius 2 is 1.94 bits per heavy atom. The Hall–Kier alpha value is -2.28. The van der Waals surface area contributed by atoms with E-state index in [1.165, 1.54) is 0 Å². The van der Waals surface area contributed by atoms with Crippen molar-refractivity contribution in [3.05, 3.63) is 34.5 Å². The van der Waals surface area contributed by atoms with Crippen molar-refractivity contribution in [2.24, 2.45) is 0 Å². The van der Waals surface area contributed by atoms with Gasteiger partial charge >= 0.3 is 0 Å². The molecule has 0 atom stereocenters. The van der Waals surface area contributed by atoms with Gasteiger partial charge in [-0.15, -0.1) is 0 Å². The molecule has 0 spiro atoms. The Kier molecular flexibility index (Phi) is 3.07. The van der Waals surface area contributed by atoms with Crippen LogP contribution in [0.3, 0.4) is 0 Å². The molecule has 0 bridgehead atoms. The molecule has 0 saturated carbocycles. The number of hydrogen-bond acceptors (Lipinski definition) is 3. The van der Waals surface area contributed by atoms with E-state index in [1.807, 2.05) is 32.9 Å². The smallest absolute Gasteiger partial charge is 0.162 e. The number of nitriles is 1. The molecule has 0 unspecified atom stereocenters. The minimum Gasteiger partial charge on any atom is -0.496 e. The Morgan fingerprint density at radius 1 is 1.22 bits per heavy atom. The first-order chi connectivity index (χ1) is 8.58. The molecule has 1 heterocycles. The van der Waals surface area contributed by atoms with Gasteiger partial charge in [-0.25, -0.2) is 0 Å². The summed E-state index contributed by atoms with van der Waals surface area (Å²) in [6, 6.07) is 5.80. The fraction of sp³-hybridized carbons (Fsp3) is 0.286. The maximum Gasteiger partial charge on any atom is 0.162 e. The number of benzene rings is 1. The Balaban J connectivity index is 2.65. The predicted octanol–water partition coefficient (Wildman–Crippen LogP) is 2.88. The molecule has 0 fully saturated rings. The van der Waals surface area contributed by atoms with E-state index in [2.05, 4.69) is 10.2 Å². The van der Waals surface area contributed by atoms with Gasteiger partial charge in [0.05, 0.1) is 12.8 Å². The van der Waals surface area contributed by atoms with Crippen LogP contribution in [0, 0.1) is 32.1 Å². The van der Waals surface area contributed by atoms with Gasteiger partial charge in [0.15, 0.2) is 5.69 Å². The van der Waals surface area contributed by atoms with E-state index in [0.29, 0.717) is 5.69 Å². The highest BCUT2D eigenvalue weighted by molar-refractivity contribution is 5.71.